The Morgan fingerprint density at radius 3 is 2.28 bits per heavy atom. The maximum absolute atomic E-state index is 14.5. The standard InChI is InChI=1S/C72H90N12O8S/c1-41(2)61(69(87)83-38-53(85)29-58(83)68(86)75-43(4)48-13-15-49(16-14-48)66-44(5)74-39-93-66)59-31-60(78-92-59)81-34-47(35-81)27-45-19-23-79(24-20-45)33-46-21-25-80(26-22-46)70-76-65-57(67(77-70)82-36-51-17-18-52(37-82)84(51)71(88)91-72(6,7)8)32-73-64-56-30-54(90-40-89-9)28-50-11-10-12-55(63(50)56)42(3)62(64)65/h10-16,28,30-32,39,41-43,45-47,51-53,58,61,85H,17-27,29,33-38,40H2,1-9H3,(H,75,86)/t42?,43-,51?,52?,53+,58-,61+/m0/s1. The Morgan fingerprint density at radius 2 is 1.58 bits per heavy atom. The quantitative estimate of drug-likeness (QED) is 0.0813. The number of aryl methyl sites for hydroxylation is 1. The van der Waals surface area contributed by atoms with Crippen molar-refractivity contribution in [2.24, 2.45) is 23.7 Å². The second-order valence-electron chi connectivity index (χ2n) is 29.0. The van der Waals surface area contributed by atoms with Gasteiger partial charge in [-0.2, -0.15) is 4.98 Å². The predicted octanol–water partition coefficient (Wildman–Crippen LogP) is 11.3. The SMILES string of the molecule is COCOc1cc2c3c(cccc3c1)C(C)c1c-2ncc2c(N3CC4CCC(C3)N4C(=O)OC(C)(C)C)nc(N3CCC(CN4CCC(CC5CN(c6cc([C@H](C(=O)N7C[C@H](O)C[C@H]7C(=O)N[C@@H](C)c7ccc(-c8scnc8C)cc7)C(C)C)on6)C5)CC4)CC3)nc12. The van der Waals surface area contributed by atoms with E-state index in [1.807, 2.05) is 95.4 Å². The highest BCUT2D eigenvalue weighted by molar-refractivity contribution is 7.13. The number of hydrogen-bond acceptors (Lipinski definition) is 18. The molecule has 7 aliphatic rings. The van der Waals surface area contributed by atoms with E-state index >= 15 is 0 Å². The van der Waals surface area contributed by atoms with Gasteiger partial charge in [-0.05, 0) is 156 Å². The molecular formula is C72H90N12O8S. The molecule has 10 heterocycles. The Hall–Kier alpha value is -7.46. The third kappa shape index (κ3) is 12.5. The number of nitrogens with one attached hydrogen (secondary N) is 1. The second-order valence-corrected chi connectivity index (χ2v) is 29.9. The number of pyridine rings is 1. The van der Waals surface area contributed by atoms with Gasteiger partial charge in [0.05, 0.1) is 56.9 Å². The number of amides is 3. The van der Waals surface area contributed by atoms with Gasteiger partial charge in [0.2, 0.25) is 17.8 Å². The summed E-state index contributed by atoms with van der Waals surface area (Å²) in [6.07, 6.45) is 8.69. The molecule has 20 nitrogen and oxygen atoms in total. The molecule has 3 aromatic carbocycles. The van der Waals surface area contributed by atoms with Crippen LogP contribution in [0.2, 0.25) is 0 Å². The van der Waals surface area contributed by atoms with Crippen molar-refractivity contribution >= 4 is 68.5 Å². The van der Waals surface area contributed by atoms with Crippen molar-refractivity contribution in [1.29, 1.82) is 0 Å². The Kier molecular flexibility index (Phi) is 17.4. The third-order valence-corrected chi connectivity index (χ3v) is 22.1. The highest BCUT2D eigenvalue weighted by Crippen LogP contribution is 2.50. The van der Waals surface area contributed by atoms with Gasteiger partial charge in [0, 0.05) is 95.2 Å². The summed E-state index contributed by atoms with van der Waals surface area (Å²) < 4.78 is 23.3. The number of likely N-dealkylation sites (tertiary alicyclic amines) is 2. The monoisotopic (exact) mass is 1280 g/mol. The molecule has 0 radical (unpaired) electrons. The Balaban J connectivity index is 0.591. The minimum atomic E-state index is -0.807. The zero-order chi connectivity index (χ0) is 64.6. The number of hydrogen-bond donors (Lipinski definition) is 2. The molecule has 3 unspecified atom stereocenters. The summed E-state index contributed by atoms with van der Waals surface area (Å²) in [5.74, 6) is 4.17. The summed E-state index contributed by atoms with van der Waals surface area (Å²) in [7, 11) is 1.64. The first kappa shape index (κ1) is 63.0. The summed E-state index contributed by atoms with van der Waals surface area (Å²) in [5.41, 5.74) is 9.51. The Bertz CT molecular complexity index is 3890. The molecule has 6 aliphatic heterocycles. The molecule has 21 heteroatoms. The highest BCUT2D eigenvalue weighted by Gasteiger charge is 2.47. The van der Waals surface area contributed by atoms with Crippen LogP contribution in [0, 0.1) is 30.6 Å². The van der Waals surface area contributed by atoms with Crippen LogP contribution in [-0.2, 0) is 19.1 Å². The lowest BCUT2D eigenvalue weighted by molar-refractivity contribution is -0.141. The first-order valence-electron chi connectivity index (χ1n) is 34.0. The fraction of sp³-hybridized carbons (Fsp3) is 0.556. The molecule has 3 amide bonds. The summed E-state index contributed by atoms with van der Waals surface area (Å²) >= 11 is 1.60. The molecule has 7 aromatic rings. The van der Waals surface area contributed by atoms with Crippen molar-refractivity contribution in [3.8, 4) is 27.4 Å². The number of piperazine rings is 1. The van der Waals surface area contributed by atoms with E-state index in [4.69, 9.17) is 33.7 Å². The Morgan fingerprint density at radius 1 is 0.839 bits per heavy atom. The zero-order valence-electron chi connectivity index (χ0n) is 55.3. The number of methoxy groups -OCH3 is 1. The van der Waals surface area contributed by atoms with Crippen LogP contribution in [0.25, 0.3) is 43.4 Å². The lowest BCUT2D eigenvalue weighted by atomic mass is 9.79. The average Bonchev–Trinajstić information content (AvgIpc) is 1.40. The number of carbonyl (C=O) groups excluding carboxylic acids is 3. The van der Waals surface area contributed by atoms with Crippen LogP contribution in [0.5, 0.6) is 5.75 Å². The van der Waals surface area contributed by atoms with Crippen molar-refractivity contribution in [2.75, 3.05) is 94.1 Å². The average molecular weight is 1280 g/mol. The van der Waals surface area contributed by atoms with Gasteiger partial charge in [-0.1, -0.05) is 68.4 Å². The summed E-state index contributed by atoms with van der Waals surface area (Å²) in [6, 6.07) is 19.7. The third-order valence-electron chi connectivity index (χ3n) is 21.1. The molecule has 0 spiro atoms. The fourth-order valence-corrected chi connectivity index (χ4v) is 17.1. The van der Waals surface area contributed by atoms with Crippen LogP contribution in [0.1, 0.15) is 146 Å². The lowest BCUT2D eigenvalue weighted by Crippen LogP contribution is -2.57. The number of ether oxygens (including phenoxy) is 3. The lowest BCUT2D eigenvalue weighted by Gasteiger charge is -2.43. The number of piperidine rings is 2. The van der Waals surface area contributed by atoms with Gasteiger partial charge >= 0.3 is 6.09 Å². The number of anilines is 3. The smallest absolute Gasteiger partial charge is 0.410 e. The first-order chi connectivity index (χ1) is 44.8. The topological polar surface area (TPSA) is 208 Å². The normalized spacial score (nSPS) is 22.8. The Labute approximate surface area is 549 Å². The molecule has 6 fully saturated rings. The number of aliphatic hydroxyl groups is 1. The number of nitrogens with zero attached hydrogens (tertiary/aromatic N) is 11. The van der Waals surface area contributed by atoms with Gasteiger partial charge in [-0.3, -0.25) is 19.5 Å². The maximum Gasteiger partial charge on any atom is 0.410 e. The molecular weight excluding hydrogens is 1190 g/mol. The van der Waals surface area contributed by atoms with Gasteiger partial charge in [0.25, 0.3) is 0 Å². The maximum atomic E-state index is 14.5. The summed E-state index contributed by atoms with van der Waals surface area (Å²) in [4.78, 5) is 77.3. The number of β-amino-alcohol motifs (C(OH)–C–C–N with tert-alkyl or cyclic N) is 1. The summed E-state index contributed by atoms with van der Waals surface area (Å²) in [5, 5.41) is 21.7. The van der Waals surface area contributed by atoms with Gasteiger partial charge in [-0.15, -0.1) is 11.3 Å². The van der Waals surface area contributed by atoms with Crippen LogP contribution in [0.4, 0.5) is 22.4 Å². The molecule has 2 bridgehead atoms. The van der Waals surface area contributed by atoms with E-state index in [1.165, 1.54) is 30.2 Å². The predicted molar refractivity (Wildman–Crippen MR) is 361 cm³/mol. The van der Waals surface area contributed by atoms with Crippen LogP contribution in [0.15, 0.2) is 76.9 Å². The van der Waals surface area contributed by atoms with Gasteiger partial charge in [0.15, 0.2) is 18.4 Å². The fourth-order valence-electron chi connectivity index (χ4n) is 16.3. The van der Waals surface area contributed by atoms with Gasteiger partial charge < -0.3 is 53.7 Å². The molecule has 7 atom stereocenters. The minimum absolute atomic E-state index is 0.0169. The number of fused-ring (bicyclic) bond motifs is 6. The van der Waals surface area contributed by atoms with E-state index in [9.17, 15) is 19.5 Å². The highest BCUT2D eigenvalue weighted by atomic mass is 32.1. The molecule has 4 aromatic heterocycles. The van der Waals surface area contributed by atoms with Crippen LogP contribution in [-0.4, -0.2) is 172 Å². The number of rotatable bonds is 17. The van der Waals surface area contributed by atoms with Crippen LogP contribution in [0.3, 0.4) is 0 Å². The minimum Gasteiger partial charge on any atom is -0.468 e. The summed E-state index contributed by atoms with van der Waals surface area (Å²) in [6.45, 7) is 24.4. The van der Waals surface area contributed by atoms with Crippen molar-refractivity contribution in [1.82, 2.24) is 45.1 Å². The molecule has 492 valence electrons. The van der Waals surface area contributed by atoms with E-state index in [0.29, 0.717) is 36.6 Å². The van der Waals surface area contributed by atoms with E-state index < -0.39 is 23.7 Å². The molecule has 0 saturated carbocycles. The van der Waals surface area contributed by atoms with Crippen molar-refractivity contribution in [2.45, 2.75) is 154 Å². The number of thiazole rings is 1. The molecule has 1 aliphatic carbocycles. The molecule has 93 heavy (non-hydrogen) atoms. The first-order valence-corrected chi connectivity index (χ1v) is 34.8. The van der Waals surface area contributed by atoms with E-state index in [1.54, 1.807) is 23.3 Å². The molecule has 2 N–H and O–H groups in total. The van der Waals surface area contributed by atoms with E-state index in [0.717, 1.165) is 150 Å². The second kappa shape index (κ2) is 25.7. The molecule has 6 saturated heterocycles. The number of aliphatic hydroxyl groups excluding tert-OH is 1. The number of aromatic nitrogens is 5. The van der Waals surface area contributed by atoms with Crippen molar-refractivity contribution in [3.05, 3.63) is 101 Å². The van der Waals surface area contributed by atoms with E-state index in [2.05, 4.69) is 72.3 Å². The van der Waals surface area contributed by atoms with E-state index in [-0.39, 0.29) is 67.6 Å². The van der Waals surface area contributed by atoms with Gasteiger partial charge in [0.1, 0.15) is 29.1 Å². The number of benzene rings is 3. The zero-order valence-corrected chi connectivity index (χ0v) is 56.2. The largest absolute Gasteiger partial charge is 0.468 e. The van der Waals surface area contributed by atoms with Gasteiger partial charge in [-0.25, -0.2) is 14.8 Å². The van der Waals surface area contributed by atoms with Crippen molar-refractivity contribution < 1.29 is 38.2 Å². The number of carbonyl (C=O) groups is 3. The molecule has 14 rings (SSSR count). The van der Waals surface area contributed by atoms with Crippen LogP contribution >= 0.6 is 11.3 Å². The van der Waals surface area contributed by atoms with Crippen molar-refractivity contribution in [3.63, 3.8) is 0 Å². The van der Waals surface area contributed by atoms with Crippen LogP contribution < -0.4 is 24.8 Å².